The molecule has 36 heavy (non-hydrogen) atoms. The molecule has 3 aromatic rings. The molecule has 6 nitrogen and oxygen atoms in total. The molecule has 2 aliphatic rings. The third kappa shape index (κ3) is 4.95. The standard InChI is InChI=1S/C29H35N3O3S/c1-22-4-6-25(7-5-22)31-16-18-32(19-17-31)26-8-10-27(11-9-26)36(33,34)29-21-24-13-15-30(2)14-12-23(24)20-28(29)35-3/h4-11,20-21H,12-19H2,1-3H3. The molecule has 0 spiro atoms. The Labute approximate surface area is 215 Å². The maximum absolute atomic E-state index is 13.7. The Kier molecular flexibility index (Phi) is 6.95. The molecule has 0 N–H and O–H groups in total. The van der Waals surface area contributed by atoms with Crippen molar-refractivity contribution < 1.29 is 13.2 Å². The largest absolute Gasteiger partial charge is 0.495 e. The number of rotatable bonds is 5. The Morgan fingerprint density at radius 3 is 1.75 bits per heavy atom. The zero-order valence-electron chi connectivity index (χ0n) is 21.4. The van der Waals surface area contributed by atoms with Gasteiger partial charge in [-0.2, -0.15) is 0 Å². The third-order valence-electron chi connectivity index (χ3n) is 7.49. The van der Waals surface area contributed by atoms with Crippen LogP contribution < -0.4 is 14.5 Å². The zero-order valence-corrected chi connectivity index (χ0v) is 22.2. The summed E-state index contributed by atoms with van der Waals surface area (Å²) in [5, 5.41) is 0. The number of nitrogens with zero attached hydrogens (tertiary/aromatic N) is 3. The van der Waals surface area contributed by atoms with E-state index in [0.29, 0.717) is 10.6 Å². The van der Waals surface area contributed by atoms with Crippen molar-refractivity contribution in [1.82, 2.24) is 4.90 Å². The Morgan fingerprint density at radius 1 is 0.722 bits per heavy atom. The van der Waals surface area contributed by atoms with E-state index in [1.807, 2.05) is 24.3 Å². The highest BCUT2D eigenvalue weighted by Crippen LogP contribution is 2.34. The van der Waals surface area contributed by atoms with Crippen molar-refractivity contribution in [1.29, 1.82) is 0 Å². The summed E-state index contributed by atoms with van der Waals surface area (Å²) < 4.78 is 32.9. The molecule has 190 valence electrons. The first-order chi connectivity index (χ1) is 17.3. The molecule has 7 heteroatoms. The minimum atomic E-state index is -3.70. The number of benzene rings is 3. The smallest absolute Gasteiger partial charge is 0.210 e. The molecule has 0 radical (unpaired) electrons. The van der Waals surface area contributed by atoms with Crippen molar-refractivity contribution in [3.05, 3.63) is 77.4 Å². The van der Waals surface area contributed by atoms with Gasteiger partial charge in [0.1, 0.15) is 10.6 Å². The van der Waals surface area contributed by atoms with Crippen molar-refractivity contribution in [2.24, 2.45) is 0 Å². The monoisotopic (exact) mass is 505 g/mol. The number of likely N-dealkylation sites (N-methyl/N-ethyl adjacent to an activating group) is 1. The van der Waals surface area contributed by atoms with Crippen LogP contribution in [0.15, 0.2) is 70.5 Å². The first-order valence-electron chi connectivity index (χ1n) is 12.7. The van der Waals surface area contributed by atoms with Crippen LogP contribution in [0, 0.1) is 6.92 Å². The normalized spacial score (nSPS) is 17.0. The highest BCUT2D eigenvalue weighted by molar-refractivity contribution is 7.91. The number of hydrogen-bond acceptors (Lipinski definition) is 6. The molecule has 0 aliphatic carbocycles. The molecular formula is C29H35N3O3S. The Morgan fingerprint density at radius 2 is 1.22 bits per heavy atom. The van der Waals surface area contributed by atoms with Gasteiger partial charge in [0.25, 0.3) is 0 Å². The van der Waals surface area contributed by atoms with E-state index in [1.165, 1.54) is 16.8 Å². The van der Waals surface area contributed by atoms with Gasteiger partial charge in [0, 0.05) is 50.6 Å². The lowest BCUT2D eigenvalue weighted by Gasteiger charge is -2.37. The molecular weight excluding hydrogens is 470 g/mol. The average molecular weight is 506 g/mol. The molecule has 1 saturated heterocycles. The van der Waals surface area contributed by atoms with E-state index in [2.05, 4.69) is 52.9 Å². The summed E-state index contributed by atoms with van der Waals surface area (Å²) in [6.07, 6.45) is 1.74. The van der Waals surface area contributed by atoms with Crippen LogP contribution in [0.1, 0.15) is 16.7 Å². The van der Waals surface area contributed by atoms with Crippen LogP contribution in [0.3, 0.4) is 0 Å². The fourth-order valence-electron chi connectivity index (χ4n) is 5.16. The van der Waals surface area contributed by atoms with Gasteiger partial charge in [0.2, 0.25) is 9.84 Å². The van der Waals surface area contributed by atoms with Gasteiger partial charge in [-0.25, -0.2) is 8.42 Å². The lowest BCUT2D eigenvalue weighted by molar-refractivity contribution is 0.352. The predicted octanol–water partition coefficient (Wildman–Crippen LogP) is 4.19. The maximum Gasteiger partial charge on any atom is 0.210 e. The minimum absolute atomic E-state index is 0.257. The van der Waals surface area contributed by atoms with Gasteiger partial charge in [-0.05, 0) is 86.5 Å². The van der Waals surface area contributed by atoms with Crippen molar-refractivity contribution in [3.8, 4) is 5.75 Å². The Bertz CT molecular complexity index is 1310. The van der Waals surface area contributed by atoms with Gasteiger partial charge in [-0.1, -0.05) is 17.7 Å². The summed E-state index contributed by atoms with van der Waals surface area (Å²) in [5.74, 6) is 0.426. The van der Waals surface area contributed by atoms with Gasteiger partial charge >= 0.3 is 0 Å². The SMILES string of the molecule is COc1cc2c(cc1S(=O)(=O)c1ccc(N3CCN(c4ccc(C)cc4)CC3)cc1)CCN(C)CC2. The first-order valence-corrected chi connectivity index (χ1v) is 14.1. The van der Waals surface area contributed by atoms with Crippen LogP contribution in [0.25, 0.3) is 0 Å². The number of ether oxygens (including phenoxy) is 1. The molecule has 1 fully saturated rings. The lowest BCUT2D eigenvalue weighted by Crippen LogP contribution is -2.46. The molecule has 0 amide bonds. The maximum atomic E-state index is 13.7. The highest BCUT2D eigenvalue weighted by Gasteiger charge is 2.26. The second-order valence-electron chi connectivity index (χ2n) is 9.88. The van der Waals surface area contributed by atoms with E-state index < -0.39 is 9.84 Å². The number of hydrogen-bond donors (Lipinski definition) is 0. The summed E-state index contributed by atoms with van der Waals surface area (Å²) in [4.78, 5) is 7.55. The number of piperazine rings is 1. The molecule has 0 bridgehead atoms. The molecule has 0 saturated carbocycles. The predicted molar refractivity (Wildman–Crippen MR) is 145 cm³/mol. The van der Waals surface area contributed by atoms with Crippen LogP contribution in [0.5, 0.6) is 5.75 Å². The highest BCUT2D eigenvalue weighted by atomic mass is 32.2. The quantitative estimate of drug-likeness (QED) is 0.518. The Hall–Kier alpha value is -3.03. The first kappa shape index (κ1) is 24.7. The van der Waals surface area contributed by atoms with E-state index in [4.69, 9.17) is 4.74 Å². The fourth-order valence-corrected chi connectivity index (χ4v) is 6.61. The second-order valence-corrected chi connectivity index (χ2v) is 11.8. The van der Waals surface area contributed by atoms with E-state index >= 15 is 0 Å². The van der Waals surface area contributed by atoms with Crippen molar-refractivity contribution in [2.45, 2.75) is 29.6 Å². The van der Waals surface area contributed by atoms with Crippen molar-refractivity contribution >= 4 is 21.2 Å². The van der Waals surface area contributed by atoms with Crippen LogP contribution in [-0.2, 0) is 22.7 Å². The van der Waals surface area contributed by atoms with Gasteiger partial charge < -0.3 is 19.4 Å². The van der Waals surface area contributed by atoms with Crippen LogP contribution in [0.4, 0.5) is 11.4 Å². The molecule has 2 aliphatic heterocycles. The minimum Gasteiger partial charge on any atom is -0.495 e. The van der Waals surface area contributed by atoms with Crippen LogP contribution >= 0.6 is 0 Å². The lowest BCUT2D eigenvalue weighted by atomic mass is 10.0. The summed E-state index contributed by atoms with van der Waals surface area (Å²) >= 11 is 0. The van der Waals surface area contributed by atoms with Gasteiger partial charge in [-0.15, -0.1) is 0 Å². The molecule has 0 unspecified atom stereocenters. The molecule has 5 rings (SSSR count). The number of fused-ring (bicyclic) bond motifs is 1. The summed E-state index contributed by atoms with van der Waals surface area (Å²) in [6.45, 7) is 7.65. The number of anilines is 2. The molecule has 2 heterocycles. The Balaban J connectivity index is 1.33. The van der Waals surface area contributed by atoms with E-state index in [1.54, 1.807) is 19.2 Å². The van der Waals surface area contributed by atoms with Crippen LogP contribution in [-0.4, -0.2) is 66.7 Å². The van der Waals surface area contributed by atoms with E-state index in [9.17, 15) is 8.42 Å². The van der Waals surface area contributed by atoms with Crippen molar-refractivity contribution in [3.63, 3.8) is 0 Å². The molecule has 0 atom stereocenters. The molecule has 0 aromatic heterocycles. The summed E-state index contributed by atoms with van der Waals surface area (Å²) in [7, 11) is -0.0554. The third-order valence-corrected chi connectivity index (χ3v) is 9.28. The van der Waals surface area contributed by atoms with Crippen molar-refractivity contribution in [2.75, 3.05) is 63.2 Å². The molecule has 3 aromatic carbocycles. The fraction of sp³-hybridized carbons (Fsp3) is 0.379. The summed E-state index contributed by atoms with van der Waals surface area (Å²) in [5.41, 5.74) is 5.85. The number of sulfone groups is 1. The van der Waals surface area contributed by atoms with E-state index in [-0.39, 0.29) is 4.90 Å². The van der Waals surface area contributed by atoms with Gasteiger partial charge in [0.05, 0.1) is 12.0 Å². The van der Waals surface area contributed by atoms with Crippen LogP contribution in [0.2, 0.25) is 0 Å². The summed E-state index contributed by atoms with van der Waals surface area (Å²) in [6, 6.07) is 19.7. The number of aryl methyl sites for hydroxylation is 1. The average Bonchev–Trinajstić information content (AvgIpc) is 3.09. The number of methoxy groups -OCH3 is 1. The zero-order chi connectivity index (χ0) is 25.3. The topological polar surface area (TPSA) is 53.1 Å². The van der Waals surface area contributed by atoms with E-state index in [0.717, 1.165) is 63.4 Å². The second kappa shape index (κ2) is 10.1. The van der Waals surface area contributed by atoms with Gasteiger partial charge in [0.15, 0.2) is 0 Å². The van der Waals surface area contributed by atoms with Gasteiger partial charge in [-0.3, -0.25) is 0 Å².